The summed E-state index contributed by atoms with van der Waals surface area (Å²) in [5.41, 5.74) is 0.692. The van der Waals surface area contributed by atoms with E-state index in [1.54, 1.807) is 32.0 Å². The number of ether oxygens (including phenoxy) is 3. The maximum absolute atomic E-state index is 12.0. The van der Waals surface area contributed by atoms with Crippen molar-refractivity contribution >= 4 is 12.2 Å². The molecule has 0 aromatic heterocycles. The molecule has 0 saturated heterocycles. The number of benzene rings is 1. The summed E-state index contributed by atoms with van der Waals surface area (Å²) in [6.45, 7) is 8.45. The molecule has 0 bridgehead atoms. The minimum Gasteiger partial charge on any atom is -0.434 e. The van der Waals surface area contributed by atoms with Crippen molar-refractivity contribution in [3.63, 3.8) is 0 Å². The predicted octanol–water partition coefficient (Wildman–Crippen LogP) is 3.37. The summed E-state index contributed by atoms with van der Waals surface area (Å²) in [7, 11) is 0. The zero-order valence-electron chi connectivity index (χ0n) is 12.8. The number of hydrogen-bond acceptors (Lipinski definition) is 5. The molecule has 0 unspecified atom stereocenters. The smallest absolute Gasteiger partial charge is 0.434 e. The third-order valence-corrected chi connectivity index (χ3v) is 2.84. The van der Waals surface area contributed by atoms with Crippen molar-refractivity contribution < 1.29 is 23.8 Å². The van der Waals surface area contributed by atoms with Gasteiger partial charge in [-0.15, -0.1) is 0 Å². The summed E-state index contributed by atoms with van der Waals surface area (Å²) in [6, 6.07) is 5.02. The Morgan fingerprint density at radius 3 is 2.33 bits per heavy atom. The number of carbonyl (C=O) groups is 2. The Hall–Kier alpha value is -2.24. The molecule has 0 saturated carbocycles. The van der Waals surface area contributed by atoms with Crippen molar-refractivity contribution in [1.29, 1.82) is 0 Å². The van der Waals surface area contributed by atoms with Crippen molar-refractivity contribution in [2.75, 3.05) is 19.7 Å². The zero-order chi connectivity index (χ0) is 15.8. The predicted molar refractivity (Wildman–Crippen MR) is 77.8 cm³/mol. The first-order chi connectivity index (χ1) is 10.0. The van der Waals surface area contributed by atoms with Crippen LogP contribution in [0.5, 0.6) is 11.5 Å². The monoisotopic (exact) mass is 295 g/mol. The van der Waals surface area contributed by atoms with E-state index >= 15 is 0 Å². The molecular weight excluding hydrogens is 274 g/mol. The number of rotatable bonds is 5. The highest BCUT2D eigenvalue weighted by atomic mass is 16.7. The van der Waals surface area contributed by atoms with Crippen LogP contribution in [0.4, 0.5) is 9.59 Å². The first kappa shape index (κ1) is 16.8. The minimum absolute atomic E-state index is 0.161. The largest absolute Gasteiger partial charge is 0.513 e. The number of aryl methyl sites for hydroxylation is 1. The normalized spacial score (nSPS) is 9.90. The molecule has 1 amide bonds. The molecule has 116 valence electrons. The fourth-order valence-corrected chi connectivity index (χ4v) is 1.71. The van der Waals surface area contributed by atoms with Crippen LogP contribution in [-0.2, 0) is 4.74 Å². The Bertz CT molecular complexity index is 497. The quantitative estimate of drug-likeness (QED) is 0.615. The van der Waals surface area contributed by atoms with Crippen LogP contribution in [0.3, 0.4) is 0 Å². The standard InChI is InChI=1S/C15H21NO5/c1-5-16(6-2)14(17)21-13-11(4)9-8-10-12(13)20-15(18)19-7-3/h8-10H,5-7H2,1-4H3. The average molecular weight is 295 g/mol. The van der Waals surface area contributed by atoms with E-state index in [0.717, 1.165) is 0 Å². The SMILES string of the molecule is CCOC(=O)Oc1cccc(C)c1OC(=O)N(CC)CC. The number of hydrogen-bond donors (Lipinski definition) is 0. The van der Waals surface area contributed by atoms with Gasteiger partial charge >= 0.3 is 12.2 Å². The lowest BCUT2D eigenvalue weighted by molar-refractivity contribution is 0.102. The number of nitrogens with zero attached hydrogens (tertiary/aromatic N) is 1. The van der Waals surface area contributed by atoms with Gasteiger partial charge in [0.1, 0.15) is 0 Å². The summed E-state index contributed by atoms with van der Waals surface area (Å²) in [5, 5.41) is 0. The summed E-state index contributed by atoms with van der Waals surface area (Å²) in [4.78, 5) is 25.0. The molecule has 21 heavy (non-hydrogen) atoms. The molecule has 0 aliphatic carbocycles. The molecule has 1 aromatic carbocycles. The van der Waals surface area contributed by atoms with Gasteiger partial charge in [-0.2, -0.15) is 0 Å². The second-order valence-corrected chi connectivity index (χ2v) is 4.23. The van der Waals surface area contributed by atoms with E-state index in [0.29, 0.717) is 18.7 Å². The van der Waals surface area contributed by atoms with Crippen LogP contribution < -0.4 is 9.47 Å². The van der Waals surface area contributed by atoms with E-state index in [1.165, 1.54) is 4.90 Å². The maximum atomic E-state index is 12.0. The molecule has 0 aliphatic heterocycles. The third-order valence-electron chi connectivity index (χ3n) is 2.84. The van der Waals surface area contributed by atoms with Crippen LogP contribution in [0.15, 0.2) is 18.2 Å². The molecule has 0 atom stereocenters. The lowest BCUT2D eigenvalue weighted by Gasteiger charge is -2.19. The van der Waals surface area contributed by atoms with Crippen LogP contribution >= 0.6 is 0 Å². The highest BCUT2D eigenvalue weighted by Crippen LogP contribution is 2.31. The molecule has 0 radical (unpaired) electrons. The van der Waals surface area contributed by atoms with Gasteiger partial charge in [0.25, 0.3) is 0 Å². The molecule has 0 spiro atoms. The minimum atomic E-state index is -0.830. The van der Waals surface area contributed by atoms with Gasteiger partial charge in [0.2, 0.25) is 0 Å². The van der Waals surface area contributed by atoms with E-state index in [9.17, 15) is 9.59 Å². The molecule has 0 N–H and O–H groups in total. The first-order valence-corrected chi connectivity index (χ1v) is 6.94. The van der Waals surface area contributed by atoms with Crippen molar-refractivity contribution in [2.24, 2.45) is 0 Å². The average Bonchev–Trinajstić information content (AvgIpc) is 2.44. The summed E-state index contributed by atoms with van der Waals surface area (Å²) in [6.07, 6.45) is -1.31. The van der Waals surface area contributed by atoms with Crippen molar-refractivity contribution in [3.05, 3.63) is 23.8 Å². The maximum Gasteiger partial charge on any atom is 0.513 e. The van der Waals surface area contributed by atoms with Crippen molar-refractivity contribution in [2.45, 2.75) is 27.7 Å². The van der Waals surface area contributed by atoms with Gasteiger partial charge in [-0.1, -0.05) is 12.1 Å². The van der Waals surface area contributed by atoms with Gasteiger partial charge in [0.15, 0.2) is 11.5 Å². The van der Waals surface area contributed by atoms with Gasteiger partial charge in [0.05, 0.1) is 6.61 Å². The number of para-hydroxylation sites is 1. The molecule has 1 aromatic rings. The van der Waals surface area contributed by atoms with Gasteiger partial charge in [-0.05, 0) is 39.3 Å². The summed E-state index contributed by atoms with van der Waals surface area (Å²) >= 11 is 0. The first-order valence-electron chi connectivity index (χ1n) is 6.94. The van der Waals surface area contributed by atoms with Gasteiger partial charge in [-0.25, -0.2) is 9.59 Å². The van der Waals surface area contributed by atoms with E-state index in [1.807, 2.05) is 13.8 Å². The lowest BCUT2D eigenvalue weighted by Crippen LogP contribution is -2.33. The van der Waals surface area contributed by atoms with Crippen LogP contribution in [0, 0.1) is 6.92 Å². The molecule has 6 nitrogen and oxygen atoms in total. The Morgan fingerprint density at radius 2 is 1.76 bits per heavy atom. The second-order valence-electron chi connectivity index (χ2n) is 4.23. The second kappa shape index (κ2) is 8.14. The van der Waals surface area contributed by atoms with Crippen molar-refractivity contribution in [3.8, 4) is 11.5 Å². The van der Waals surface area contributed by atoms with Gasteiger partial charge in [-0.3, -0.25) is 0 Å². The van der Waals surface area contributed by atoms with Crippen LogP contribution in [0.25, 0.3) is 0 Å². The highest BCUT2D eigenvalue weighted by Gasteiger charge is 2.19. The fraction of sp³-hybridized carbons (Fsp3) is 0.467. The number of carbonyl (C=O) groups excluding carboxylic acids is 2. The molecule has 6 heteroatoms. The molecule has 0 fully saturated rings. The zero-order valence-corrected chi connectivity index (χ0v) is 12.8. The van der Waals surface area contributed by atoms with Crippen LogP contribution in [0.1, 0.15) is 26.3 Å². The van der Waals surface area contributed by atoms with Crippen LogP contribution in [-0.4, -0.2) is 36.8 Å². The Kier molecular flexibility index (Phi) is 6.52. The summed E-state index contributed by atoms with van der Waals surface area (Å²) < 4.78 is 15.1. The van der Waals surface area contributed by atoms with E-state index in [4.69, 9.17) is 14.2 Å². The lowest BCUT2D eigenvalue weighted by atomic mass is 10.2. The Morgan fingerprint density at radius 1 is 1.10 bits per heavy atom. The fourth-order valence-electron chi connectivity index (χ4n) is 1.71. The molecular formula is C15H21NO5. The molecule has 0 aliphatic rings. The van der Waals surface area contributed by atoms with E-state index in [2.05, 4.69) is 0 Å². The van der Waals surface area contributed by atoms with E-state index in [-0.39, 0.29) is 18.1 Å². The Balaban J connectivity index is 2.95. The topological polar surface area (TPSA) is 65.1 Å². The molecule has 1 rings (SSSR count). The van der Waals surface area contributed by atoms with Gasteiger partial charge in [0, 0.05) is 13.1 Å². The Labute approximate surface area is 124 Å². The highest BCUT2D eigenvalue weighted by molar-refractivity contribution is 5.73. The molecule has 0 heterocycles. The van der Waals surface area contributed by atoms with Crippen LogP contribution in [0.2, 0.25) is 0 Å². The van der Waals surface area contributed by atoms with E-state index < -0.39 is 12.2 Å². The third kappa shape index (κ3) is 4.66. The summed E-state index contributed by atoms with van der Waals surface area (Å²) in [5.74, 6) is 0.386. The number of amides is 1. The van der Waals surface area contributed by atoms with Crippen molar-refractivity contribution in [1.82, 2.24) is 4.90 Å². The van der Waals surface area contributed by atoms with Gasteiger partial charge < -0.3 is 19.1 Å².